The van der Waals surface area contributed by atoms with Gasteiger partial charge in [-0.25, -0.2) is 0 Å². The Labute approximate surface area is 125 Å². The van der Waals surface area contributed by atoms with Crippen LogP contribution in [0.4, 0.5) is 0 Å². The fourth-order valence-corrected chi connectivity index (χ4v) is 2.28. The second kappa shape index (κ2) is 8.98. The van der Waals surface area contributed by atoms with Crippen LogP contribution in [0.2, 0.25) is 0 Å². The molecule has 1 unspecified atom stereocenters. The van der Waals surface area contributed by atoms with Crippen molar-refractivity contribution in [1.82, 2.24) is 0 Å². The number of ether oxygens (including phenoxy) is 3. The lowest BCUT2D eigenvalue weighted by Gasteiger charge is -2.30. The third-order valence-corrected chi connectivity index (χ3v) is 3.63. The van der Waals surface area contributed by atoms with Gasteiger partial charge in [-0.1, -0.05) is 0 Å². The quantitative estimate of drug-likeness (QED) is 0.432. The number of hydrogen-bond acceptors (Lipinski definition) is 9. The Morgan fingerprint density at radius 1 is 0.714 bits per heavy atom. The first-order valence-electron chi connectivity index (χ1n) is 5.81. The molecule has 0 aromatic carbocycles. The molecule has 3 atom stereocenters. The minimum Gasteiger partial charge on any atom is -0.376 e. The number of hydrogen-bond donors (Lipinski definition) is 0. The summed E-state index contributed by atoms with van der Waals surface area (Å²) >= 11 is 0. The molecule has 0 aliphatic rings. The van der Waals surface area contributed by atoms with Gasteiger partial charge in [0.1, 0.15) is 18.3 Å². The molecule has 0 N–H and O–H groups in total. The highest BCUT2D eigenvalue weighted by Gasteiger charge is 2.32. The van der Waals surface area contributed by atoms with Gasteiger partial charge in [0.25, 0.3) is 20.2 Å². The van der Waals surface area contributed by atoms with Crippen LogP contribution >= 0.6 is 0 Å². The van der Waals surface area contributed by atoms with E-state index in [1.54, 1.807) is 0 Å². The summed E-state index contributed by atoms with van der Waals surface area (Å²) < 4.78 is 68.8. The normalized spacial score (nSPS) is 17.4. The average Bonchev–Trinajstić information content (AvgIpc) is 2.34. The Balaban J connectivity index is 4.86. The molecule has 9 nitrogen and oxygen atoms in total. The van der Waals surface area contributed by atoms with Gasteiger partial charge in [-0.3, -0.25) is 8.37 Å². The van der Waals surface area contributed by atoms with Crippen molar-refractivity contribution in [2.24, 2.45) is 0 Å². The van der Waals surface area contributed by atoms with E-state index in [1.165, 1.54) is 21.3 Å². The highest BCUT2D eigenvalue weighted by molar-refractivity contribution is 7.86. The van der Waals surface area contributed by atoms with Gasteiger partial charge < -0.3 is 14.2 Å². The van der Waals surface area contributed by atoms with Crippen molar-refractivity contribution in [3.8, 4) is 0 Å². The van der Waals surface area contributed by atoms with E-state index in [-0.39, 0.29) is 13.2 Å². The summed E-state index contributed by atoms with van der Waals surface area (Å²) in [5.41, 5.74) is 0. The van der Waals surface area contributed by atoms with Crippen LogP contribution in [-0.4, -0.2) is 82.2 Å². The van der Waals surface area contributed by atoms with Crippen LogP contribution in [0, 0.1) is 0 Å². The van der Waals surface area contributed by atoms with Crippen molar-refractivity contribution in [1.29, 1.82) is 0 Å². The maximum absolute atomic E-state index is 11.0. The summed E-state index contributed by atoms with van der Waals surface area (Å²) in [6.45, 7) is -0.598. The molecule has 21 heavy (non-hydrogen) atoms. The van der Waals surface area contributed by atoms with Crippen LogP contribution in [0.3, 0.4) is 0 Å². The van der Waals surface area contributed by atoms with E-state index in [9.17, 15) is 16.8 Å². The fourth-order valence-electron chi connectivity index (χ4n) is 1.52. The largest absolute Gasteiger partial charge is 0.376 e. The summed E-state index contributed by atoms with van der Waals surface area (Å²) in [4.78, 5) is 0. The number of rotatable bonds is 11. The molecule has 0 aliphatic carbocycles. The fraction of sp³-hybridized carbons (Fsp3) is 1.00. The molecule has 0 aromatic heterocycles. The van der Waals surface area contributed by atoms with Crippen LogP contribution in [0.25, 0.3) is 0 Å². The zero-order valence-corrected chi connectivity index (χ0v) is 14.3. The first kappa shape index (κ1) is 20.7. The lowest BCUT2D eigenvalue weighted by Crippen LogP contribution is -2.46. The monoisotopic (exact) mass is 350 g/mol. The maximum atomic E-state index is 11.0. The van der Waals surface area contributed by atoms with Gasteiger partial charge in [-0.2, -0.15) is 16.8 Å². The third kappa shape index (κ3) is 9.34. The van der Waals surface area contributed by atoms with Gasteiger partial charge in [0.2, 0.25) is 0 Å². The molecule has 0 saturated heterocycles. The van der Waals surface area contributed by atoms with E-state index in [2.05, 4.69) is 8.37 Å². The molecule has 0 aliphatic heterocycles. The summed E-state index contributed by atoms with van der Waals surface area (Å²) in [6.07, 6.45) is -0.566. The molecule has 0 aromatic rings. The van der Waals surface area contributed by atoms with Gasteiger partial charge in [-0.05, 0) is 0 Å². The summed E-state index contributed by atoms with van der Waals surface area (Å²) in [6, 6.07) is 0. The molecule has 0 heterocycles. The Hall–Kier alpha value is -0.300. The van der Waals surface area contributed by atoms with Crippen LogP contribution in [0.15, 0.2) is 0 Å². The van der Waals surface area contributed by atoms with Crippen LogP contribution in [0.1, 0.15) is 0 Å². The van der Waals surface area contributed by atoms with Gasteiger partial charge >= 0.3 is 0 Å². The Morgan fingerprint density at radius 3 is 1.24 bits per heavy atom. The molecular weight excluding hydrogens is 328 g/mol. The topological polar surface area (TPSA) is 114 Å². The maximum Gasteiger partial charge on any atom is 0.264 e. The summed E-state index contributed by atoms with van der Waals surface area (Å²) in [7, 11) is -3.25. The van der Waals surface area contributed by atoms with E-state index in [0.717, 1.165) is 12.5 Å². The van der Waals surface area contributed by atoms with Gasteiger partial charge in [-0.15, -0.1) is 0 Å². The zero-order valence-electron chi connectivity index (χ0n) is 12.6. The first-order valence-corrected chi connectivity index (χ1v) is 9.44. The summed E-state index contributed by atoms with van der Waals surface area (Å²) in [5, 5.41) is 0. The molecule has 0 radical (unpaired) electrons. The first-order chi connectivity index (χ1) is 9.54. The SMILES string of the molecule is COC([C@H](COS(C)(=O)=O)OC)[C@@H](COS(C)(=O)=O)OC. The van der Waals surface area contributed by atoms with Crippen LogP contribution in [-0.2, 0) is 42.8 Å². The number of methoxy groups -OCH3 is 3. The smallest absolute Gasteiger partial charge is 0.264 e. The van der Waals surface area contributed by atoms with Crippen molar-refractivity contribution >= 4 is 20.2 Å². The van der Waals surface area contributed by atoms with Gasteiger partial charge in [0, 0.05) is 21.3 Å². The Kier molecular flexibility index (Phi) is 8.85. The van der Waals surface area contributed by atoms with E-state index in [4.69, 9.17) is 14.2 Å². The van der Waals surface area contributed by atoms with E-state index >= 15 is 0 Å². The third-order valence-electron chi connectivity index (χ3n) is 2.50. The molecule has 0 spiro atoms. The standard InChI is InChI=1S/C10H22O9S2/c1-15-8(6-18-20(4,11)12)10(17-3)9(16-2)7-19-21(5,13)14/h8-10H,6-7H2,1-5H3/t8-,9+,10?. The molecule has 11 heteroatoms. The van der Waals surface area contributed by atoms with Crippen molar-refractivity contribution < 1.29 is 39.4 Å². The molecule has 0 rings (SSSR count). The minimum atomic E-state index is -3.64. The highest BCUT2D eigenvalue weighted by atomic mass is 32.2. The molecule has 128 valence electrons. The van der Waals surface area contributed by atoms with E-state index in [0.29, 0.717) is 0 Å². The van der Waals surface area contributed by atoms with Crippen LogP contribution in [0.5, 0.6) is 0 Å². The zero-order chi connectivity index (χ0) is 16.7. The van der Waals surface area contributed by atoms with Crippen molar-refractivity contribution in [2.75, 3.05) is 47.1 Å². The Morgan fingerprint density at radius 2 is 1.05 bits per heavy atom. The highest BCUT2D eigenvalue weighted by Crippen LogP contribution is 2.13. The molecule has 0 bridgehead atoms. The molecule has 0 fully saturated rings. The van der Waals surface area contributed by atoms with Crippen LogP contribution < -0.4 is 0 Å². The molecular formula is C10H22O9S2. The minimum absolute atomic E-state index is 0.299. The lowest BCUT2D eigenvalue weighted by atomic mass is 10.1. The van der Waals surface area contributed by atoms with E-state index < -0.39 is 38.5 Å². The summed E-state index contributed by atoms with van der Waals surface area (Å²) in [5.74, 6) is 0. The van der Waals surface area contributed by atoms with Crippen molar-refractivity contribution in [3.63, 3.8) is 0 Å². The van der Waals surface area contributed by atoms with Gasteiger partial charge in [0.15, 0.2) is 0 Å². The predicted octanol–water partition coefficient (Wildman–Crippen LogP) is -1.02. The Bertz CT molecular complexity index is 441. The second-order valence-electron chi connectivity index (χ2n) is 4.23. The molecule has 0 amide bonds. The molecule has 0 saturated carbocycles. The van der Waals surface area contributed by atoms with Crippen molar-refractivity contribution in [2.45, 2.75) is 18.3 Å². The van der Waals surface area contributed by atoms with Crippen molar-refractivity contribution in [3.05, 3.63) is 0 Å². The van der Waals surface area contributed by atoms with Gasteiger partial charge in [0.05, 0.1) is 25.7 Å². The lowest BCUT2D eigenvalue weighted by molar-refractivity contribution is -0.125. The predicted molar refractivity (Wildman–Crippen MR) is 74.0 cm³/mol. The van der Waals surface area contributed by atoms with E-state index in [1.807, 2.05) is 0 Å². The average molecular weight is 350 g/mol. The second-order valence-corrected chi connectivity index (χ2v) is 7.51.